The van der Waals surface area contributed by atoms with Crippen molar-refractivity contribution < 1.29 is 14.4 Å². The smallest absolute Gasteiger partial charge is 0.272 e. The lowest BCUT2D eigenvalue weighted by molar-refractivity contribution is -0.385. The molecule has 0 bridgehead atoms. The van der Waals surface area contributed by atoms with Gasteiger partial charge < -0.3 is 5.11 Å². The Morgan fingerprint density at radius 2 is 2.29 bits per heavy atom. The van der Waals surface area contributed by atoms with Crippen molar-refractivity contribution in [3.63, 3.8) is 0 Å². The molecule has 0 fully saturated rings. The van der Waals surface area contributed by atoms with Gasteiger partial charge in [-0.1, -0.05) is 0 Å². The first-order valence-electron chi connectivity index (χ1n) is 3.74. The van der Waals surface area contributed by atoms with Crippen molar-refractivity contribution in [2.24, 2.45) is 0 Å². The van der Waals surface area contributed by atoms with Crippen molar-refractivity contribution in [1.29, 1.82) is 0 Å². The molecule has 1 rings (SSSR count). The lowest BCUT2D eigenvalue weighted by Crippen LogP contribution is -2.02. The lowest BCUT2D eigenvalue weighted by atomic mass is 10.1. The summed E-state index contributed by atoms with van der Waals surface area (Å²) in [5.41, 5.74) is -0.390. The van der Waals surface area contributed by atoms with Gasteiger partial charge in [0.1, 0.15) is 5.82 Å². The van der Waals surface area contributed by atoms with Crippen molar-refractivity contribution >= 4 is 17.3 Å². The molecule has 0 spiro atoms. The van der Waals surface area contributed by atoms with Crippen LogP contribution in [0.2, 0.25) is 0 Å². The normalized spacial score (nSPS) is 12.5. The van der Waals surface area contributed by atoms with Gasteiger partial charge in [-0.2, -0.15) is 0 Å². The van der Waals surface area contributed by atoms with Crippen molar-refractivity contribution in [3.05, 3.63) is 39.7 Å². The van der Waals surface area contributed by atoms with Crippen LogP contribution in [0.5, 0.6) is 0 Å². The number of non-ortho nitro benzene ring substituents is 1. The van der Waals surface area contributed by atoms with E-state index in [0.29, 0.717) is 0 Å². The Morgan fingerprint density at radius 1 is 1.64 bits per heavy atom. The molecule has 0 aliphatic heterocycles. The van der Waals surface area contributed by atoms with Crippen LogP contribution in [0.25, 0.3) is 0 Å². The number of nitro groups is 1. The molecular formula is C8H7ClFNO3. The molecule has 0 amide bonds. The molecule has 1 unspecified atom stereocenters. The van der Waals surface area contributed by atoms with Crippen LogP contribution in [0.4, 0.5) is 10.1 Å². The van der Waals surface area contributed by atoms with E-state index in [2.05, 4.69) is 0 Å². The molecular weight excluding hydrogens is 213 g/mol. The summed E-state index contributed by atoms with van der Waals surface area (Å²) in [5.74, 6) is -0.985. The molecule has 0 saturated carbocycles. The van der Waals surface area contributed by atoms with Crippen LogP contribution in [0.3, 0.4) is 0 Å². The van der Waals surface area contributed by atoms with Gasteiger partial charge >= 0.3 is 0 Å². The molecule has 1 N–H and O–H groups in total. The highest BCUT2D eigenvalue weighted by molar-refractivity contribution is 6.18. The second-order valence-corrected chi connectivity index (χ2v) is 2.94. The van der Waals surface area contributed by atoms with E-state index >= 15 is 0 Å². The summed E-state index contributed by atoms with van der Waals surface area (Å²) in [6.07, 6.45) is -1.14. The van der Waals surface area contributed by atoms with E-state index in [1.807, 2.05) is 0 Å². The monoisotopic (exact) mass is 219 g/mol. The summed E-state index contributed by atoms with van der Waals surface area (Å²) in [7, 11) is 0. The van der Waals surface area contributed by atoms with Gasteiger partial charge in [-0.05, 0) is 6.07 Å². The molecule has 14 heavy (non-hydrogen) atoms. The van der Waals surface area contributed by atoms with E-state index in [1.165, 1.54) is 0 Å². The SMILES string of the molecule is O=[N+]([O-])c1ccc(C(O)CCl)c(F)c1. The van der Waals surface area contributed by atoms with Crippen molar-refractivity contribution in [2.75, 3.05) is 5.88 Å². The highest BCUT2D eigenvalue weighted by Gasteiger charge is 2.15. The Labute approximate surface area is 84.1 Å². The van der Waals surface area contributed by atoms with E-state index in [9.17, 15) is 19.6 Å². The van der Waals surface area contributed by atoms with Crippen LogP contribution < -0.4 is 0 Å². The molecule has 0 aliphatic rings. The van der Waals surface area contributed by atoms with Crippen LogP contribution in [0.15, 0.2) is 18.2 Å². The second kappa shape index (κ2) is 4.34. The third-order valence-corrected chi connectivity index (χ3v) is 1.99. The average molecular weight is 220 g/mol. The van der Waals surface area contributed by atoms with Gasteiger partial charge in [0.2, 0.25) is 0 Å². The Bertz CT molecular complexity index is 358. The molecule has 0 heterocycles. The van der Waals surface area contributed by atoms with Gasteiger partial charge in [0.15, 0.2) is 0 Å². The maximum Gasteiger partial charge on any atom is 0.272 e. The van der Waals surface area contributed by atoms with Gasteiger partial charge in [-0.25, -0.2) is 4.39 Å². The zero-order valence-corrected chi connectivity index (χ0v) is 7.74. The summed E-state index contributed by atoms with van der Waals surface area (Å²) < 4.78 is 13.1. The van der Waals surface area contributed by atoms with Crippen molar-refractivity contribution in [1.82, 2.24) is 0 Å². The Balaban J connectivity index is 3.07. The third-order valence-electron chi connectivity index (χ3n) is 1.70. The number of hydrogen-bond donors (Lipinski definition) is 1. The molecule has 6 heteroatoms. The number of nitro benzene ring substituents is 1. The molecule has 0 saturated heterocycles. The number of hydrogen-bond acceptors (Lipinski definition) is 3. The fourth-order valence-electron chi connectivity index (χ4n) is 0.983. The van der Waals surface area contributed by atoms with Gasteiger partial charge in [0.05, 0.1) is 23.0 Å². The number of nitrogens with zero attached hydrogens (tertiary/aromatic N) is 1. The molecule has 4 nitrogen and oxygen atoms in total. The third kappa shape index (κ3) is 2.18. The minimum atomic E-state index is -1.14. The molecule has 0 aliphatic carbocycles. The summed E-state index contributed by atoms with van der Waals surface area (Å²) in [6.45, 7) is 0. The lowest BCUT2D eigenvalue weighted by Gasteiger charge is -2.07. The molecule has 1 atom stereocenters. The van der Waals surface area contributed by atoms with Gasteiger partial charge in [0, 0.05) is 11.6 Å². The van der Waals surface area contributed by atoms with Crippen molar-refractivity contribution in [2.45, 2.75) is 6.10 Å². The second-order valence-electron chi connectivity index (χ2n) is 2.63. The fourth-order valence-corrected chi connectivity index (χ4v) is 1.15. The summed E-state index contributed by atoms with van der Waals surface area (Å²) in [5, 5.41) is 19.5. The number of benzene rings is 1. The van der Waals surface area contributed by atoms with E-state index in [-0.39, 0.29) is 17.1 Å². The van der Waals surface area contributed by atoms with Gasteiger partial charge in [-0.3, -0.25) is 10.1 Å². The Hall–Kier alpha value is -1.20. The highest BCUT2D eigenvalue weighted by atomic mass is 35.5. The molecule has 76 valence electrons. The number of rotatable bonds is 3. The van der Waals surface area contributed by atoms with Crippen LogP contribution in [0, 0.1) is 15.9 Å². The van der Waals surface area contributed by atoms with E-state index in [1.54, 1.807) is 0 Å². The summed E-state index contributed by atoms with van der Waals surface area (Å²) in [6, 6.07) is 3.03. The fraction of sp³-hybridized carbons (Fsp3) is 0.250. The van der Waals surface area contributed by atoms with E-state index in [4.69, 9.17) is 11.6 Å². The van der Waals surface area contributed by atoms with Gasteiger partial charge in [-0.15, -0.1) is 11.6 Å². The summed E-state index contributed by atoms with van der Waals surface area (Å²) >= 11 is 5.31. The zero-order valence-electron chi connectivity index (χ0n) is 6.98. The average Bonchev–Trinajstić information content (AvgIpc) is 2.16. The molecule has 0 radical (unpaired) electrons. The van der Waals surface area contributed by atoms with Crippen molar-refractivity contribution in [3.8, 4) is 0 Å². The quantitative estimate of drug-likeness (QED) is 0.481. The van der Waals surface area contributed by atoms with E-state index in [0.717, 1.165) is 18.2 Å². The minimum Gasteiger partial charge on any atom is -0.387 e. The molecule has 1 aromatic carbocycles. The summed E-state index contributed by atoms with van der Waals surface area (Å²) in [4.78, 5) is 9.55. The molecule has 1 aromatic rings. The zero-order chi connectivity index (χ0) is 10.7. The largest absolute Gasteiger partial charge is 0.387 e. The van der Waals surface area contributed by atoms with E-state index < -0.39 is 16.8 Å². The maximum atomic E-state index is 13.1. The predicted molar refractivity (Wildman–Crippen MR) is 48.7 cm³/mol. The molecule has 0 aromatic heterocycles. The standard InChI is InChI=1S/C8H7ClFNO3/c9-4-8(12)6-2-1-5(11(13)14)3-7(6)10/h1-3,8,12H,4H2. The number of alkyl halides is 1. The topological polar surface area (TPSA) is 63.4 Å². The number of aliphatic hydroxyl groups is 1. The van der Waals surface area contributed by atoms with Crippen LogP contribution in [-0.4, -0.2) is 15.9 Å². The van der Waals surface area contributed by atoms with Crippen LogP contribution >= 0.6 is 11.6 Å². The highest BCUT2D eigenvalue weighted by Crippen LogP contribution is 2.22. The Kier molecular flexibility index (Phi) is 3.38. The van der Waals surface area contributed by atoms with Crippen LogP contribution in [-0.2, 0) is 0 Å². The number of aliphatic hydroxyl groups excluding tert-OH is 1. The van der Waals surface area contributed by atoms with Crippen LogP contribution in [0.1, 0.15) is 11.7 Å². The maximum absolute atomic E-state index is 13.1. The minimum absolute atomic E-state index is 0.0365. The van der Waals surface area contributed by atoms with Gasteiger partial charge in [0.25, 0.3) is 5.69 Å². The first-order valence-corrected chi connectivity index (χ1v) is 4.27. The number of halogens is 2. The first kappa shape index (κ1) is 10.9. The Morgan fingerprint density at radius 3 is 2.71 bits per heavy atom. The predicted octanol–water partition coefficient (Wildman–Crippen LogP) is 2.01. The first-order chi connectivity index (χ1) is 6.56.